The first-order chi connectivity index (χ1) is 8.97. The number of aromatic nitrogens is 2. The van der Waals surface area contributed by atoms with E-state index in [1.165, 1.54) is 5.01 Å². The van der Waals surface area contributed by atoms with Crippen molar-refractivity contribution in [1.82, 2.24) is 15.2 Å². The molecule has 102 valence electrons. The molecule has 2 N–H and O–H groups in total. The summed E-state index contributed by atoms with van der Waals surface area (Å²) >= 11 is 0. The molecule has 0 spiro atoms. The summed E-state index contributed by atoms with van der Waals surface area (Å²) in [5, 5.41) is 14.7. The Morgan fingerprint density at radius 2 is 2.21 bits per heavy atom. The summed E-state index contributed by atoms with van der Waals surface area (Å²) in [5.41, 5.74) is 1.30. The lowest BCUT2D eigenvalue weighted by Crippen LogP contribution is -2.34. The molecule has 0 saturated carbocycles. The van der Waals surface area contributed by atoms with Gasteiger partial charge in [0.1, 0.15) is 5.71 Å². The highest BCUT2D eigenvalue weighted by molar-refractivity contribution is 6.43. The number of H-pyrrole nitrogens is 1. The third kappa shape index (κ3) is 2.98. The molecule has 2 heterocycles. The second-order valence-corrected chi connectivity index (χ2v) is 4.78. The van der Waals surface area contributed by atoms with E-state index in [0.717, 1.165) is 5.69 Å². The van der Waals surface area contributed by atoms with Crippen molar-refractivity contribution in [3.63, 3.8) is 0 Å². The summed E-state index contributed by atoms with van der Waals surface area (Å²) in [7, 11) is 1.54. The van der Waals surface area contributed by atoms with E-state index in [1.807, 2.05) is 13.8 Å². The predicted octanol–water partition coefficient (Wildman–Crippen LogP) is 1.08. The zero-order valence-corrected chi connectivity index (χ0v) is 11.2. The SMILES string of the molecule is CC(C)c1cc(NC(=O)C2=NN(C)C(=O)CC2)n[nH]1. The largest absolute Gasteiger partial charge is 0.304 e. The Hall–Kier alpha value is -2.18. The maximum atomic E-state index is 12.0. The fraction of sp³-hybridized carbons (Fsp3) is 0.500. The van der Waals surface area contributed by atoms with E-state index in [9.17, 15) is 9.59 Å². The molecule has 2 amide bonds. The van der Waals surface area contributed by atoms with E-state index in [2.05, 4.69) is 20.6 Å². The van der Waals surface area contributed by atoms with Crippen LogP contribution in [0.1, 0.15) is 38.3 Å². The molecule has 1 aromatic rings. The van der Waals surface area contributed by atoms with Crippen LogP contribution in [-0.2, 0) is 9.59 Å². The first-order valence-corrected chi connectivity index (χ1v) is 6.18. The number of carbonyl (C=O) groups excluding carboxylic acids is 2. The third-order valence-electron chi connectivity index (χ3n) is 2.93. The smallest absolute Gasteiger partial charge is 0.273 e. The maximum absolute atomic E-state index is 12.0. The van der Waals surface area contributed by atoms with E-state index >= 15 is 0 Å². The Kier molecular flexibility index (Phi) is 3.64. The first-order valence-electron chi connectivity index (χ1n) is 6.18. The standard InChI is InChI=1S/C12H17N5O2/c1-7(2)9-6-10(15-14-9)13-12(19)8-4-5-11(18)17(3)16-8/h6-7H,4-5H2,1-3H3,(H2,13,14,15,19). The molecular weight excluding hydrogens is 246 g/mol. The van der Waals surface area contributed by atoms with Crippen molar-refractivity contribution >= 4 is 23.3 Å². The van der Waals surface area contributed by atoms with E-state index < -0.39 is 0 Å². The zero-order chi connectivity index (χ0) is 14.0. The summed E-state index contributed by atoms with van der Waals surface area (Å²) in [4.78, 5) is 23.2. The Morgan fingerprint density at radius 3 is 2.79 bits per heavy atom. The molecule has 7 heteroatoms. The molecule has 19 heavy (non-hydrogen) atoms. The molecule has 2 rings (SSSR count). The number of hydrogen-bond donors (Lipinski definition) is 2. The van der Waals surface area contributed by atoms with Gasteiger partial charge in [-0.25, -0.2) is 5.01 Å². The van der Waals surface area contributed by atoms with E-state index in [4.69, 9.17) is 0 Å². The quantitative estimate of drug-likeness (QED) is 0.855. The number of carbonyl (C=O) groups is 2. The van der Waals surface area contributed by atoms with Gasteiger partial charge in [-0.1, -0.05) is 13.8 Å². The molecule has 0 bridgehead atoms. The maximum Gasteiger partial charge on any atom is 0.273 e. The zero-order valence-electron chi connectivity index (χ0n) is 11.2. The van der Waals surface area contributed by atoms with Crippen LogP contribution in [0.4, 0.5) is 5.82 Å². The second-order valence-electron chi connectivity index (χ2n) is 4.78. The fourth-order valence-electron chi connectivity index (χ4n) is 1.72. The summed E-state index contributed by atoms with van der Waals surface area (Å²) in [6, 6.07) is 1.79. The average molecular weight is 263 g/mol. The number of amides is 2. The van der Waals surface area contributed by atoms with Crippen molar-refractivity contribution < 1.29 is 9.59 Å². The van der Waals surface area contributed by atoms with Gasteiger partial charge in [-0.3, -0.25) is 14.7 Å². The number of hydrogen-bond acceptors (Lipinski definition) is 4. The number of anilines is 1. The van der Waals surface area contributed by atoms with Crippen LogP contribution >= 0.6 is 0 Å². The van der Waals surface area contributed by atoms with Gasteiger partial charge in [0.05, 0.1) is 0 Å². The Bertz CT molecular complexity index is 532. The molecule has 0 aromatic carbocycles. The predicted molar refractivity (Wildman–Crippen MR) is 70.7 cm³/mol. The van der Waals surface area contributed by atoms with Crippen molar-refractivity contribution in [3.8, 4) is 0 Å². The van der Waals surface area contributed by atoms with Gasteiger partial charge in [-0.15, -0.1) is 0 Å². The van der Waals surface area contributed by atoms with Crippen molar-refractivity contribution in [1.29, 1.82) is 0 Å². The number of aromatic amines is 1. The molecule has 0 unspecified atom stereocenters. The van der Waals surface area contributed by atoms with Crippen molar-refractivity contribution in [2.45, 2.75) is 32.6 Å². The second kappa shape index (κ2) is 5.21. The monoisotopic (exact) mass is 263 g/mol. The summed E-state index contributed by atoms with van der Waals surface area (Å²) in [5.74, 6) is 0.379. The van der Waals surface area contributed by atoms with Gasteiger partial charge >= 0.3 is 0 Å². The van der Waals surface area contributed by atoms with Crippen LogP contribution in [0.3, 0.4) is 0 Å². The lowest BCUT2D eigenvalue weighted by molar-refractivity contribution is -0.130. The molecule has 1 aliphatic heterocycles. The summed E-state index contributed by atoms with van der Waals surface area (Å²) in [6.07, 6.45) is 0.664. The average Bonchev–Trinajstić information content (AvgIpc) is 2.81. The van der Waals surface area contributed by atoms with Crippen LogP contribution < -0.4 is 5.32 Å². The minimum Gasteiger partial charge on any atom is -0.304 e. The van der Waals surface area contributed by atoms with Gasteiger partial charge in [-0.2, -0.15) is 10.2 Å². The molecule has 0 saturated heterocycles. The minimum atomic E-state index is -0.318. The van der Waals surface area contributed by atoms with Crippen LogP contribution in [0, 0.1) is 0 Å². The number of rotatable bonds is 3. The van der Waals surface area contributed by atoms with Gasteiger partial charge in [0, 0.05) is 31.6 Å². The van der Waals surface area contributed by atoms with Crippen molar-refractivity contribution in [2.75, 3.05) is 12.4 Å². The summed E-state index contributed by atoms with van der Waals surface area (Å²) in [6.45, 7) is 4.07. The fourth-order valence-corrected chi connectivity index (χ4v) is 1.72. The van der Waals surface area contributed by atoms with Crippen molar-refractivity contribution in [3.05, 3.63) is 11.8 Å². The van der Waals surface area contributed by atoms with Gasteiger partial charge in [0.15, 0.2) is 5.82 Å². The number of nitrogens with one attached hydrogen (secondary N) is 2. The first kappa shape index (κ1) is 13.3. The highest BCUT2D eigenvalue weighted by atomic mass is 16.2. The van der Waals surface area contributed by atoms with Crippen LogP contribution in [0.5, 0.6) is 0 Å². The molecule has 0 fully saturated rings. The molecule has 0 radical (unpaired) electrons. The highest BCUT2D eigenvalue weighted by Gasteiger charge is 2.22. The lowest BCUT2D eigenvalue weighted by atomic mass is 10.1. The Balaban J connectivity index is 2.04. The Labute approximate surface area is 111 Å². The molecule has 1 aromatic heterocycles. The normalized spacial score (nSPS) is 15.7. The minimum absolute atomic E-state index is 0.0848. The van der Waals surface area contributed by atoms with Crippen LogP contribution in [0.15, 0.2) is 11.2 Å². The van der Waals surface area contributed by atoms with Gasteiger partial charge in [0.2, 0.25) is 5.91 Å². The summed E-state index contributed by atoms with van der Waals surface area (Å²) < 4.78 is 0. The molecular formula is C12H17N5O2. The molecule has 1 aliphatic rings. The van der Waals surface area contributed by atoms with Crippen molar-refractivity contribution in [2.24, 2.45) is 5.10 Å². The number of hydrazone groups is 1. The van der Waals surface area contributed by atoms with E-state index in [-0.39, 0.29) is 11.8 Å². The van der Waals surface area contributed by atoms with E-state index in [0.29, 0.717) is 30.3 Å². The third-order valence-corrected chi connectivity index (χ3v) is 2.93. The van der Waals surface area contributed by atoms with E-state index in [1.54, 1.807) is 13.1 Å². The van der Waals surface area contributed by atoms with Crippen LogP contribution in [0.25, 0.3) is 0 Å². The molecule has 7 nitrogen and oxygen atoms in total. The molecule has 0 aliphatic carbocycles. The topological polar surface area (TPSA) is 90.4 Å². The Morgan fingerprint density at radius 1 is 1.47 bits per heavy atom. The highest BCUT2D eigenvalue weighted by Crippen LogP contribution is 2.15. The molecule has 0 atom stereocenters. The van der Waals surface area contributed by atoms with Gasteiger partial charge < -0.3 is 5.32 Å². The van der Waals surface area contributed by atoms with Gasteiger partial charge in [-0.05, 0) is 5.92 Å². The van der Waals surface area contributed by atoms with Crippen LogP contribution in [0.2, 0.25) is 0 Å². The number of nitrogens with zero attached hydrogens (tertiary/aromatic N) is 3. The van der Waals surface area contributed by atoms with Crippen LogP contribution in [-0.4, -0.2) is 39.8 Å². The lowest BCUT2D eigenvalue weighted by Gasteiger charge is -2.18. The van der Waals surface area contributed by atoms with Gasteiger partial charge in [0.25, 0.3) is 5.91 Å².